The molecule has 1 aliphatic rings. The van der Waals surface area contributed by atoms with Crippen molar-refractivity contribution in [3.05, 3.63) is 71.9 Å². The number of halogens is 3. The van der Waals surface area contributed by atoms with Crippen LogP contribution in [0.5, 0.6) is 5.75 Å². The van der Waals surface area contributed by atoms with Crippen molar-refractivity contribution in [3.8, 4) is 16.9 Å². The number of piperazine rings is 1. The fraction of sp³-hybridized carbons (Fsp3) is 0.280. The molecule has 2 heterocycles. The number of aryl methyl sites for hydroxylation is 1. The lowest BCUT2D eigenvalue weighted by molar-refractivity contribution is -0.274. The topological polar surface area (TPSA) is 71.7 Å². The molecule has 1 atom stereocenters. The number of rotatable bonds is 5. The van der Waals surface area contributed by atoms with E-state index in [1.807, 2.05) is 18.2 Å². The minimum atomic E-state index is -4.72. The predicted octanol–water partition coefficient (Wildman–Crippen LogP) is 4.77. The van der Waals surface area contributed by atoms with Crippen molar-refractivity contribution in [3.63, 3.8) is 0 Å². The highest BCUT2D eigenvalue weighted by molar-refractivity contribution is 5.92. The van der Waals surface area contributed by atoms with Gasteiger partial charge >= 0.3 is 6.36 Å². The van der Waals surface area contributed by atoms with Gasteiger partial charge in [0.25, 0.3) is 0 Å². The van der Waals surface area contributed by atoms with E-state index in [1.54, 1.807) is 25.1 Å². The molecule has 1 amide bonds. The predicted molar refractivity (Wildman–Crippen MR) is 125 cm³/mol. The molecule has 1 saturated heterocycles. The summed E-state index contributed by atoms with van der Waals surface area (Å²) in [5.41, 5.74) is 9.17. The van der Waals surface area contributed by atoms with Gasteiger partial charge in [0.1, 0.15) is 11.6 Å². The van der Waals surface area contributed by atoms with Crippen LogP contribution in [-0.4, -0.2) is 42.9 Å². The number of primary amides is 1. The minimum Gasteiger partial charge on any atom is -0.406 e. The van der Waals surface area contributed by atoms with Gasteiger partial charge in [0.05, 0.1) is 5.56 Å². The average Bonchev–Trinajstić information content (AvgIpc) is 2.78. The fourth-order valence-corrected chi connectivity index (χ4v) is 4.28. The van der Waals surface area contributed by atoms with Gasteiger partial charge in [0, 0.05) is 37.6 Å². The van der Waals surface area contributed by atoms with Gasteiger partial charge in [-0.2, -0.15) is 0 Å². The fourth-order valence-electron chi connectivity index (χ4n) is 4.28. The molecule has 2 aromatic carbocycles. The summed E-state index contributed by atoms with van der Waals surface area (Å²) in [5, 5.41) is 0. The second kappa shape index (κ2) is 9.24. The largest absolute Gasteiger partial charge is 0.573 e. The van der Waals surface area contributed by atoms with Crippen LogP contribution in [-0.2, 0) is 0 Å². The highest BCUT2D eigenvalue weighted by Crippen LogP contribution is 2.32. The maximum Gasteiger partial charge on any atom is 0.573 e. The molecule has 4 rings (SSSR count). The van der Waals surface area contributed by atoms with Crippen molar-refractivity contribution < 1.29 is 22.7 Å². The van der Waals surface area contributed by atoms with Crippen molar-refractivity contribution in [2.24, 2.45) is 5.73 Å². The Morgan fingerprint density at radius 2 is 1.91 bits per heavy atom. The van der Waals surface area contributed by atoms with Crippen LogP contribution >= 0.6 is 0 Å². The number of carbonyl (C=O) groups excluding carboxylic acids is 1. The molecular weight excluding hydrogens is 445 g/mol. The van der Waals surface area contributed by atoms with Crippen LogP contribution in [0.4, 0.5) is 24.7 Å². The lowest BCUT2D eigenvalue weighted by atomic mass is 9.99. The lowest BCUT2D eigenvalue weighted by Gasteiger charge is -2.42. The first-order chi connectivity index (χ1) is 16.1. The van der Waals surface area contributed by atoms with Gasteiger partial charge in [-0.15, -0.1) is 13.2 Å². The number of benzene rings is 2. The van der Waals surface area contributed by atoms with Gasteiger partial charge in [-0.05, 0) is 66.9 Å². The number of ether oxygens (including phenoxy) is 1. The molecule has 3 aromatic rings. The molecule has 1 aromatic heterocycles. The van der Waals surface area contributed by atoms with Gasteiger partial charge in [0.2, 0.25) is 5.91 Å². The molecule has 0 spiro atoms. The lowest BCUT2D eigenvalue weighted by Crippen LogP contribution is -2.52. The molecule has 1 aliphatic heterocycles. The third-order valence-electron chi connectivity index (χ3n) is 5.90. The Kier molecular flexibility index (Phi) is 6.37. The number of carbonyl (C=O) groups is 1. The SMILES string of the molecule is Cc1cc(OC(F)(F)F)ccc1-c1cccc(N2CCN(c3ccc(C(N)=O)cn3)C[C@H]2C)c1. The average molecular weight is 470 g/mol. The number of nitrogens with two attached hydrogens (primary N) is 1. The second-order valence-corrected chi connectivity index (χ2v) is 8.33. The Balaban J connectivity index is 1.49. The summed E-state index contributed by atoms with van der Waals surface area (Å²) in [6.45, 7) is 6.16. The van der Waals surface area contributed by atoms with Gasteiger partial charge in [-0.1, -0.05) is 18.2 Å². The summed E-state index contributed by atoms with van der Waals surface area (Å²) in [4.78, 5) is 20.1. The number of hydrogen-bond acceptors (Lipinski definition) is 5. The Morgan fingerprint density at radius 1 is 1.12 bits per heavy atom. The summed E-state index contributed by atoms with van der Waals surface area (Å²) in [6.07, 6.45) is -3.23. The van der Waals surface area contributed by atoms with E-state index in [0.717, 1.165) is 42.3 Å². The van der Waals surface area contributed by atoms with Crippen LogP contribution in [0.25, 0.3) is 11.1 Å². The molecule has 178 valence electrons. The van der Waals surface area contributed by atoms with Crippen molar-refractivity contribution in [2.45, 2.75) is 26.3 Å². The van der Waals surface area contributed by atoms with Crippen LogP contribution in [0.1, 0.15) is 22.8 Å². The van der Waals surface area contributed by atoms with Crippen LogP contribution in [0.15, 0.2) is 60.8 Å². The van der Waals surface area contributed by atoms with Gasteiger partial charge in [-0.25, -0.2) is 4.98 Å². The molecule has 6 nitrogen and oxygen atoms in total. The molecule has 1 fully saturated rings. The standard InChI is InChI=1S/C25H25F3N4O2/c1-16-12-21(34-25(26,27)28)7-8-22(16)18-4-3-5-20(13-18)32-11-10-31(15-17(32)2)23-9-6-19(14-30-23)24(29)33/h3-9,12-14,17H,10-11,15H2,1-2H3,(H2,29,33)/t17-/m1/s1. The van der Waals surface area contributed by atoms with E-state index < -0.39 is 12.3 Å². The number of anilines is 2. The third-order valence-corrected chi connectivity index (χ3v) is 5.90. The Labute approximate surface area is 195 Å². The monoisotopic (exact) mass is 470 g/mol. The molecule has 0 saturated carbocycles. The Morgan fingerprint density at radius 3 is 2.53 bits per heavy atom. The molecule has 2 N–H and O–H groups in total. The van der Waals surface area contributed by atoms with E-state index in [2.05, 4.69) is 32.5 Å². The van der Waals surface area contributed by atoms with E-state index in [4.69, 9.17) is 5.73 Å². The van der Waals surface area contributed by atoms with Gasteiger partial charge in [0.15, 0.2) is 0 Å². The van der Waals surface area contributed by atoms with E-state index in [1.165, 1.54) is 18.3 Å². The molecule has 0 bridgehead atoms. The van der Waals surface area contributed by atoms with Crippen LogP contribution in [0.3, 0.4) is 0 Å². The third kappa shape index (κ3) is 5.24. The zero-order valence-corrected chi connectivity index (χ0v) is 18.8. The maximum atomic E-state index is 12.5. The quantitative estimate of drug-likeness (QED) is 0.582. The van der Waals surface area contributed by atoms with E-state index in [9.17, 15) is 18.0 Å². The van der Waals surface area contributed by atoms with E-state index >= 15 is 0 Å². The van der Waals surface area contributed by atoms with Crippen molar-refractivity contribution >= 4 is 17.4 Å². The molecule has 0 radical (unpaired) electrons. The summed E-state index contributed by atoms with van der Waals surface area (Å²) in [7, 11) is 0. The Hall–Kier alpha value is -3.75. The van der Waals surface area contributed by atoms with E-state index in [-0.39, 0.29) is 11.8 Å². The number of aromatic nitrogens is 1. The number of alkyl halides is 3. The smallest absolute Gasteiger partial charge is 0.406 e. The van der Waals surface area contributed by atoms with Crippen LogP contribution < -0.4 is 20.3 Å². The van der Waals surface area contributed by atoms with Crippen molar-refractivity contribution in [1.82, 2.24) is 4.98 Å². The molecule has 34 heavy (non-hydrogen) atoms. The molecule has 9 heteroatoms. The zero-order valence-electron chi connectivity index (χ0n) is 18.8. The van der Waals surface area contributed by atoms with Gasteiger partial charge < -0.3 is 20.3 Å². The number of nitrogens with zero attached hydrogens (tertiary/aromatic N) is 3. The normalized spacial score (nSPS) is 16.4. The summed E-state index contributed by atoms with van der Waals surface area (Å²) in [5.74, 6) is 0.0593. The minimum absolute atomic E-state index is 0.185. The first-order valence-electron chi connectivity index (χ1n) is 10.8. The highest BCUT2D eigenvalue weighted by atomic mass is 19.4. The van der Waals surface area contributed by atoms with Crippen molar-refractivity contribution in [1.29, 1.82) is 0 Å². The first-order valence-corrected chi connectivity index (χ1v) is 10.8. The Bertz CT molecular complexity index is 1180. The number of amides is 1. The summed E-state index contributed by atoms with van der Waals surface area (Å²) >= 11 is 0. The molecule has 0 unspecified atom stereocenters. The van der Waals surface area contributed by atoms with Crippen molar-refractivity contribution in [2.75, 3.05) is 29.4 Å². The molecule has 0 aliphatic carbocycles. The maximum absolute atomic E-state index is 12.5. The first kappa shape index (κ1) is 23.4. The number of pyridine rings is 1. The van der Waals surface area contributed by atoms with Gasteiger partial charge in [-0.3, -0.25) is 4.79 Å². The van der Waals surface area contributed by atoms with E-state index in [0.29, 0.717) is 11.1 Å². The van der Waals surface area contributed by atoms with Crippen LogP contribution in [0, 0.1) is 6.92 Å². The number of hydrogen-bond donors (Lipinski definition) is 1. The second-order valence-electron chi connectivity index (χ2n) is 8.33. The molecular formula is C25H25F3N4O2. The zero-order chi connectivity index (χ0) is 24.5. The highest BCUT2D eigenvalue weighted by Gasteiger charge is 2.31. The summed E-state index contributed by atoms with van der Waals surface area (Å²) in [6, 6.07) is 16.0. The van der Waals surface area contributed by atoms with Crippen LogP contribution in [0.2, 0.25) is 0 Å². The summed E-state index contributed by atoms with van der Waals surface area (Å²) < 4.78 is 41.6.